The van der Waals surface area contributed by atoms with Crippen molar-refractivity contribution in [2.45, 2.75) is 37.9 Å². The van der Waals surface area contributed by atoms with Crippen LogP contribution in [0.1, 0.15) is 36.5 Å². The smallest absolute Gasteiger partial charge is 0.416 e. The Morgan fingerprint density at radius 3 is 2.29 bits per heavy atom. The molecule has 3 N–H and O–H groups in total. The second-order valence-corrected chi connectivity index (χ2v) is 9.28. The van der Waals surface area contributed by atoms with E-state index in [-0.39, 0.29) is 44.0 Å². The highest BCUT2D eigenvalue weighted by Crippen LogP contribution is 2.32. The molecular weight excluding hydrogens is 542 g/mol. The SMILES string of the molecule is CCC(CCNC/C(N)=C(\COc1cc(F)c(C#N)cc1F)SCc1ccc(C(F)(F)F)cc1)C(F)(F)F. The third kappa shape index (κ3) is 9.40. The Bertz CT molecular complexity index is 1140. The van der Waals surface area contributed by atoms with Crippen molar-refractivity contribution in [2.75, 3.05) is 19.7 Å². The summed E-state index contributed by atoms with van der Waals surface area (Å²) in [6.45, 7) is 1.04. The van der Waals surface area contributed by atoms with E-state index in [9.17, 15) is 35.1 Å². The van der Waals surface area contributed by atoms with Gasteiger partial charge in [-0.2, -0.15) is 31.6 Å². The lowest BCUT2D eigenvalue weighted by atomic mass is 10.0. The summed E-state index contributed by atoms with van der Waals surface area (Å²) in [6, 6.07) is 7.25. The van der Waals surface area contributed by atoms with Gasteiger partial charge in [-0.1, -0.05) is 19.1 Å². The van der Waals surface area contributed by atoms with Gasteiger partial charge in [0.05, 0.1) is 17.0 Å². The first-order chi connectivity index (χ1) is 17.8. The number of hydrogen-bond acceptors (Lipinski definition) is 5. The molecule has 0 saturated heterocycles. The number of alkyl halides is 6. The zero-order valence-electron chi connectivity index (χ0n) is 20.1. The molecule has 1 atom stereocenters. The summed E-state index contributed by atoms with van der Waals surface area (Å²) >= 11 is 1.07. The number of nitriles is 1. The van der Waals surface area contributed by atoms with Crippen LogP contribution in [0.25, 0.3) is 0 Å². The highest BCUT2D eigenvalue weighted by molar-refractivity contribution is 8.02. The topological polar surface area (TPSA) is 71.1 Å². The van der Waals surface area contributed by atoms with E-state index in [2.05, 4.69) is 5.32 Å². The Balaban J connectivity index is 2.14. The van der Waals surface area contributed by atoms with Crippen molar-refractivity contribution >= 4 is 11.8 Å². The molecule has 0 aliphatic heterocycles. The Kier molecular flexibility index (Phi) is 11.3. The van der Waals surface area contributed by atoms with E-state index < -0.39 is 46.8 Å². The first-order valence-corrected chi connectivity index (χ1v) is 12.3. The van der Waals surface area contributed by atoms with Gasteiger partial charge >= 0.3 is 12.4 Å². The number of halogens is 8. The van der Waals surface area contributed by atoms with Gasteiger partial charge in [-0.3, -0.25) is 0 Å². The molecule has 0 spiro atoms. The van der Waals surface area contributed by atoms with Crippen molar-refractivity contribution in [3.05, 3.63) is 75.3 Å². The minimum Gasteiger partial charge on any atom is -0.485 e. The van der Waals surface area contributed by atoms with Crippen molar-refractivity contribution in [1.29, 1.82) is 5.26 Å². The molecule has 208 valence electrons. The minimum atomic E-state index is -4.50. The van der Waals surface area contributed by atoms with Gasteiger partial charge < -0.3 is 15.8 Å². The van der Waals surface area contributed by atoms with E-state index in [1.54, 1.807) is 0 Å². The predicted octanol–water partition coefficient (Wildman–Crippen LogP) is 6.91. The number of nitrogens with two attached hydrogens (primary N) is 1. The third-order valence-corrected chi connectivity index (χ3v) is 6.70. The molecule has 38 heavy (non-hydrogen) atoms. The van der Waals surface area contributed by atoms with Crippen molar-refractivity contribution in [3.63, 3.8) is 0 Å². The quantitative estimate of drug-likeness (QED) is 0.216. The minimum absolute atomic E-state index is 0.00584. The Hall–Kier alpha value is -2.98. The average molecular weight is 568 g/mol. The number of rotatable bonds is 12. The normalized spacial score (nSPS) is 13.6. The Labute approximate surface area is 218 Å². The Morgan fingerprint density at radius 2 is 1.74 bits per heavy atom. The van der Waals surface area contributed by atoms with Crippen LogP contribution in [0.4, 0.5) is 35.1 Å². The largest absolute Gasteiger partial charge is 0.485 e. The highest BCUT2D eigenvalue weighted by atomic mass is 32.2. The first kappa shape index (κ1) is 31.2. The maximum Gasteiger partial charge on any atom is 0.416 e. The molecule has 0 radical (unpaired) electrons. The van der Waals surface area contributed by atoms with Crippen LogP contribution in [0.5, 0.6) is 5.75 Å². The summed E-state index contributed by atoms with van der Waals surface area (Å²) < 4.78 is 111. The second kappa shape index (κ2) is 13.7. The lowest BCUT2D eigenvalue weighted by Crippen LogP contribution is -2.29. The molecule has 1 unspecified atom stereocenters. The highest BCUT2D eigenvalue weighted by Gasteiger charge is 2.37. The van der Waals surface area contributed by atoms with E-state index in [0.717, 1.165) is 23.9 Å². The van der Waals surface area contributed by atoms with Crippen LogP contribution >= 0.6 is 11.8 Å². The molecule has 13 heteroatoms. The fourth-order valence-electron chi connectivity index (χ4n) is 3.25. The molecule has 0 saturated carbocycles. The number of thioether (sulfide) groups is 1. The van der Waals surface area contributed by atoms with Gasteiger partial charge in [0.25, 0.3) is 0 Å². The third-order valence-electron chi connectivity index (χ3n) is 5.49. The number of benzene rings is 2. The summed E-state index contributed by atoms with van der Waals surface area (Å²) in [6.07, 6.45) is -9.07. The maximum atomic E-state index is 14.2. The standard InChI is InChI=1S/C25H25F8N3OS/c1-2-17(24(28,29)30)7-8-36-12-21(35)23(13-37-22-10-19(26)16(11-34)9-20(22)27)38-14-15-3-5-18(6-4-15)25(31,32)33/h3-6,9-10,17,36H,2,7-8,12-14,35H2,1H3/b23-21-. The number of hydrogen-bond donors (Lipinski definition) is 2. The number of nitrogens with zero attached hydrogens (tertiary/aromatic N) is 1. The Morgan fingerprint density at radius 1 is 1.08 bits per heavy atom. The predicted molar refractivity (Wildman–Crippen MR) is 128 cm³/mol. The van der Waals surface area contributed by atoms with E-state index in [1.807, 2.05) is 0 Å². The van der Waals surface area contributed by atoms with E-state index >= 15 is 0 Å². The first-order valence-electron chi connectivity index (χ1n) is 11.3. The van der Waals surface area contributed by atoms with Crippen molar-refractivity contribution < 1.29 is 39.9 Å². The fraction of sp³-hybridized carbons (Fsp3) is 0.400. The van der Waals surface area contributed by atoms with Crippen LogP contribution in [-0.2, 0) is 11.9 Å². The molecular formula is C25H25F8N3OS. The van der Waals surface area contributed by atoms with Crippen LogP contribution < -0.4 is 15.8 Å². The van der Waals surface area contributed by atoms with Gasteiger partial charge in [-0.15, -0.1) is 11.8 Å². The molecule has 2 aromatic carbocycles. The van der Waals surface area contributed by atoms with Crippen molar-refractivity contribution in [2.24, 2.45) is 11.7 Å². The van der Waals surface area contributed by atoms with Crippen LogP contribution in [0, 0.1) is 28.9 Å². The zero-order chi connectivity index (χ0) is 28.5. The molecule has 4 nitrogen and oxygen atoms in total. The average Bonchev–Trinajstić information content (AvgIpc) is 2.84. The van der Waals surface area contributed by atoms with Crippen molar-refractivity contribution in [3.8, 4) is 11.8 Å². The molecule has 0 amide bonds. The monoisotopic (exact) mass is 567 g/mol. The van der Waals surface area contributed by atoms with Crippen molar-refractivity contribution in [1.82, 2.24) is 5.32 Å². The van der Waals surface area contributed by atoms with E-state index in [0.29, 0.717) is 22.6 Å². The summed E-state index contributed by atoms with van der Waals surface area (Å²) in [5, 5.41) is 11.6. The lowest BCUT2D eigenvalue weighted by molar-refractivity contribution is -0.176. The molecule has 2 aromatic rings. The van der Waals surface area contributed by atoms with Gasteiger partial charge in [0, 0.05) is 29.0 Å². The van der Waals surface area contributed by atoms with Crippen LogP contribution in [0.3, 0.4) is 0 Å². The van der Waals surface area contributed by atoms with Crippen LogP contribution in [0.2, 0.25) is 0 Å². The summed E-state index contributed by atoms with van der Waals surface area (Å²) in [4.78, 5) is 0.310. The number of ether oxygens (including phenoxy) is 1. The molecule has 0 aliphatic carbocycles. The fourth-order valence-corrected chi connectivity index (χ4v) is 4.19. The summed E-state index contributed by atoms with van der Waals surface area (Å²) in [7, 11) is 0. The van der Waals surface area contributed by atoms with Gasteiger partial charge in [-0.05, 0) is 43.1 Å². The number of nitrogens with one attached hydrogen (secondary N) is 1. The summed E-state index contributed by atoms with van der Waals surface area (Å²) in [5.41, 5.74) is 5.43. The lowest BCUT2D eigenvalue weighted by Gasteiger charge is -2.19. The van der Waals surface area contributed by atoms with Gasteiger partial charge in [-0.25, -0.2) is 8.78 Å². The maximum absolute atomic E-state index is 14.2. The zero-order valence-corrected chi connectivity index (χ0v) is 21.0. The van der Waals surface area contributed by atoms with Crippen LogP contribution in [-0.4, -0.2) is 25.9 Å². The second-order valence-electron chi connectivity index (χ2n) is 8.21. The van der Waals surface area contributed by atoms with Gasteiger partial charge in [0.1, 0.15) is 18.5 Å². The molecule has 0 heterocycles. The van der Waals surface area contributed by atoms with Gasteiger partial charge in [0.2, 0.25) is 0 Å². The molecule has 0 bridgehead atoms. The summed E-state index contributed by atoms with van der Waals surface area (Å²) in [5.74, 6) is -3.83. The van der Waals surface area contributed by atoms with E-state index in [4.69, 9.17) is 15.7 Å². The van der Waals surface area contributed by atoms with E-state index in [1.165, 1.54) is 25.1 Å². The molecule has 0 fully saturated rings. The molecule has 0 aromatic heterocycles. The van der Waals surface area contributed by atoms with Gasteiger partial charge in [0.15, 0.2) is 11.6 Å². The van der Waals surface area contributed by atoms with Crippen LogP contribution in [0.15, 0.2) is 47.0 Å². The molecule has 0 aliphatic rings. The molecule has 2 rings (SSSR count).